The van der Waals surface area contributed by atoms with Gasteiger partial charge in [-0.05, 0) is 32.0 Å². The van der Waals surface area contributed by atoms with Gasteiger partial charge in [0.15, 0.2) is 6.61 Å². The Morgan fingerprint density at radius 1 is 1.24 bits per heavy atom. The number of carbonyl (C=O) groups is 1. The molecule has 0 atom stereocenters. The van der Waals surface area contributed by atoms with Gasteiger partial charge in [0, 0.05) is 15.3 Å². The number of hydrogen-bond donors (Lipinski definition) is 0. The molecule has 112 valence electrons. The first kappa shape index (κ1) is 15.6. The van der Waals surface area contributed by atoms with Gasteiger partial charge in [0.25, 0.3) is 0 Å². The maximum atomic E-state index is 12.8. The molecule has 0 fully saturated rings. The number of benzene rings is 1. The third kappa shape index (κ3) is 3.64. The quantitative estimate of drug-likeness (QED) is 0.768. The van der Waals surface area contributed by atoms with E-state index in [2.05, 4.69) is 0 Å². The van der Waals surface area contributed by atoms with Crippen LogP contribution in [0.2, 0.25) is 0 Å². The number of carbonyl (C=O) groups excluding carboxylic acids is 1. The number of thiophene rings is 1. The van der Waals surface area contributed by atoms with Gasteiger partial charge in [-0.25, -0.2) is 0 Å². The maximum absolute atomic E-state index is 12.8. The lowest BCUT2D eigenvalue weighted by atomic mass is 10.1. The molecule has 21 heavy (non-hydrogen) atoms. The van der Waals surface area contributed by atoms with E-state index < -0.39 is 18.3 Å². The molecular formula is C15H13F3O2S. The van der Waals surface area contributed by atoms with E-state index in [0.717, 1.165) is 15.8 Å². The van der Waals surface area contributed by atoms with E-state index in [-0.39, 0.29) is 11.5 Å². The highest BCUT2D eigenvalue weighted by Crippen LogP contribution is 2.36. The first-order valence-electron chi connectivity index (χ1n) is 6.18. The lowest BCUT2D eigenvalue weighted by Crippen LogP contribution is -2.15. The molecule has 2 nitrogen and oxygen atoms in total. The number of halogens is 3. The second-order valence-electron chi connectivity index (χ2n) is 4.53. The molecule has 0 saturated heterocycles. The summed E-state index contributed by atoms with van der Waals surface area (Å²) < 4.78 is 43.5. The van der Waals surface area contributed by atoms with Crippen molar-refractivity contribution in [3.8, 4) is 5.75 Å². The minimum atomic E-state index is -4.51. The second kappa shape index (κ2) is 5.89. The first-order valence-corrected chi connectivity index (χ1v) is 7.00. The van der Waals surface area contributed by atoms with Gasteiger partial charge in [-0.2, -0.15) is 13.2 Å². The standard InChI is InChI=1S/C15H13F3O2S/c1-9-7-11(10(2)21-9)13(19)8-20-14-6-4-3-5-12(14)15(16,17)18/h3-7H,8H2,1-2H3. The van der Waals surface area contributed by atoms with Gasteiger partial charge in [-0.15, -0.1) is 11.3 Å². The third-order valence-corrected chi connectivity index (χ3v) is 3.86. The van der Waals surface area contributed by atoms with Crippen LogP contribution < -0.4 is 4.74 Å². The first-order chi connectivity index (χ1) is 9.79. The number of ketones is 1. The zero-order chi connectivity index (χ0) is 15.6. The number of Topliss-reactive ketones (excluding diaryl/α,β-unsaturated/α-hetero) is 1. The molecule has 0 spiro atoms. The van der Waals surface area contributed by atoms with Crippen LogP contribution in [0.5, 0.6) is 5.75 Å². The van der Waals surface area contributed by atoms with E-state index in [1.165, 1.54) is 29.5 Å². The lowest BCUT2D eigenvalue weighted by Gasteiger charge is -2.13. The summed E-state index contributed by atoms with van der Waals surface area (Å²) in [5.74, 6) is -0.656. The third-order valence-electron chi connectivity index (χ3n) is 2.89. The Kier molecular flexibility index (Phi) is 4.37. The summed E-state index contributed by atoms with van der Waals surface area (Å²) in [6.07, 6.45) is -4.51. The highest BCUT2D eigenvalue weighted by molar-refractivity contribution is 7.12. The van der Waals surface area contributed by atoms with Crippen molar-refractivity contribution in [1.82, 2.24) is 0 Å². The van der Waals surface area contributed by atoms with Gasteiger partial charge in [0.1, 0.15) is 5.75 Å². The smallest absolute Gasteiger partial charge is 0.419 e. The van der Waals surface area contributed by atoms with Gasteiger partial charge >= 0.3 is 6.18 Å². The van der Waals surface area contributed by atoms with Crippen molar-refractivity contribution in [3.63, 3.8) is 0 Å². The van der Waals surface area contributed by atoms with E-state index in [1.54, 1.807) is 13.0 Å². The highest BCUT2D eigenvalue weighted by atomic mass is 32.1. The number of rotatable bonds is 4. The largest absolute Gasteiger partial charge is 0.485 e. The molecule has 1 aromatic carbocycles. The van der Waals surface area contributed by atoms with Crippen LogP contribution in [0.15, 0.2) is 30.3 Å². The molecule has 0 radical (unpaired) electrons. The summed E-state index contributed by atoms with van der Waals surface area (Å²) in [5, 5.41) is 0. The minimum Gasteiger partial charge on any atom is -0.485 e. The predicted molar refractivity (Wildman–Crippen MR) is 75.1 cm³/mol. The molecule has 0 saturated carbocycles. The van der Waals surface area contributed by atoms with Gasteiger partial charge < -0.3 is 4.74 Å². The van der Waals surface area contributed by atoms with Crippen LogP contribution in [-0.2, 0) is 6.18 Å². The Hall–Kier alpha value is -1.82. The Labute approximate surface area is 124 Å². The summed E-state index contributed by atoms with van der Waals surface area (Å²) >= 11 is 1.47. The fraction of sp³-hybridized carbons (Fsp3) is 0.267. The maximum Gasteiger partial charge on any atom is 0.419 e. The molecular weight excluding hydrogens is 301 g/mol. The fourth-order valence-electron chi connectivity index (χ4n) is 1.96. The SMILES string of the molecule is Cc1cc(C(=O)COc2ccccc2C(F)(F)F)c(C)s1. The fourth-order valence-corrected chi connectivity index (χ4v) is 2.90. The van der Waals surface area contributed by atoms with Gasteiger partial charge in [0.2, 0.25) is 5.78 Å². The molecule has 0 aliphatic heterocycles. The molecule has 0 bridgehead atoms. The van der Waals surface area contributed by atoms with Crippen molar-refractivity contribution in [3.05, 3.63) is 51.2 Å². The number of hydrogen-bond acceptors (Lipinski definition) is 3. The molecule has 0 aliphatic carbocycles. The van der Waals surface area contributed by atoms with Crippen molar-refractivity contribution in [2.45, 2.75) is 20.0 Å². The molecule has 0 N–H and O–H groups in total. The molecule has 0 amide bonds. The number of aryl methyl sites for hydroxylation is 2. The lowest BCUT2D eigenvalue weighted by molar-refractivity contribution is -0.138. The van der Waals surface area contributed by atoms with E-state index >= 15 is 0 Å². The molecule has 6 heteroatoms. The molecule has 2 rings (SSSR count). The number of alkyl halides is 3. The van der Waals surface area contributed by atoms with E-state index in [9.17, 15) is 18.0 Å². The van der Waals surface area contributed by atoms with E-state index in [4.69, 9.17) is 4.74 Å². The summed E-state index contributed by atoms with van der Waals surface area (Å²) in [6, 6.07) is 6.59. The van der Waals surface area contributed by atoms with E-state index in [1.807, 2.05) is 6.92 Å². The Bertz CT molecular complexity index is 659. The van der Waals surface area contributed by atoms with Crippen LogP contribution in [0.25, 0.3) is 0 Å². The highest BCUT2D eigenvalue weighted by Gasteiger charge is 2.34. The van der Waals surface area contributed by atoms with Crippen LogP contribution in [0.4, 0.5) is 13.2 Å². The summed E-state index contributed by atoms with van der Waals surface area (Å²) in [4.78, 5) is 13.8. The Morgan fingerprint density at radius 3 is 2.48 bits per heavy atom. The van der Waals surface area contributed by atoms with Crippen LogP contribution in [-0.4, -0.2) is 12.4 Å². The summed E-state index contributed by atoms with van der Waals surface area (Å²) in [7, 11) is 0. The van der Waals surface area contributed by atoms with E-state index in [0.29, 0.717) is 5.56 Å². The van der Waals surface area contributed by atoms with Gasteiger partial charge in [-0.1, -0.05) is 12.1 Å². The number of ether oxygens (including phenoxy) is 1. The van der Waals surface area contributed by atoms with Crippen molar-refractivity contribution < 1.29 is 22.7 Å². The van der Waals surface area contributed by atoms with Crippen molar-refractivity contribution in [1.29, 1.82) is 0 Å². The van der Waals surface area contributed by atoms with Crippen LogP contribution in [0.3, 0.4) is 0 Å². The molecule has 1 heterocycles. The monoisotopic (exact) mass is 314 g/mol. The topological polar surface area (TPSA) is 26.3 Å². The van der Waals surface area contributed by atoms with Gasteiger partial charge in [-0.3, -0.25) is 4.79 Å². The molecule has 2 aromatic rings. The van der Waals surface area contributed by atoms with Crippen molar-refractivity contribution in [2.75, 3.05) is 6.61 Å². The van der Waals surface area contributed by atoms with Crippen LogP contribution in [0.1, 0.15) is 25.7 Å². The normalized spacial score (nSPS) is 11.5. The van der Waals surface area contributed by atoms with Crippen LogP contribution >= 0.6 is 11.3 Å². The minimum absolute atomic E-state index is 0.325. The molecule has 0 unspecified atom stereocenters. The zero-order valence-electron chi connectivity index (χ0n) is 11.5. The zero-order valence-corrected chi connectivity index (χ0v) is 12.3. The Morgan fingerprint density at radius 2 is 1.90 bits per heavy atom. The predicted octanol–water partition coefficient (Wildman–Crippen LogP) is 4.65. The molecule has 1 aromatic heterocycles. The van der Waals surface area contributed by atoms with Crippen molar-refractivity contribution in [2.24, 2.45) is 0 Å². The average molecular weight is 314 g/mol. The summed E-state index contributed by atoms with van der Waals surface area (Å²) in [6.45, 7) is 3.26. The molecule has 0 aliphatic rings. The Balaban J connectivity index is 2.14. The summed E-state index contributed by atoms with van der Waals surface area (Å²) in [5.41, 5.74) is -0.377. The van der Waals surface area contributed by atoms with Crippen molar-refractivity contribution >= 4 is 17.1 Å². The van der Waals surface area contributed by atoms with Gasteiger partial charge in [0.05, 0.1) is 5.56 Å². The van der Waals surface area contributed by atoms with Crippen LogP contribution in [0, 0.1) is 13.8 Å². The number of para-hydroxylation sites is 1. The second-order valence-corrected chi connectivity index (χ2v) is 5.99. The average Bonchev–Trinajstić information content (AvgIpc) is 2.74.